The lowest BCUT2D eigenvalue weighted by Crippen LogP contribution is -2.33. The molecule has 1 amide bonds. The molecule has 59 heavy (non-hydrogen) atoms. The number of aromatic carboxylic acids is 1. The number of carbonyl (C=O) groups excluding carboxylic acids is 1. The van der Waals surface area contributed by atoms with E-state index in [1.54, 1.807) is 44.2 Å². The summed E-state index contributed by atoms with van der Waals surface area (Å²) in [5.74, 6) is 4.55. The fourth-order valence-electron chi connectivity index (χ4n) is 4.95. The van der Waals surface area contributed by atoms with E-state index in [-0.39, 0.29) is 49.5 Å². The van der Waals surface area contributed by atoms with Gasteiger partial charge in [-0.1, -0.05) is 34.2 Å². The number of aromatic amines is 1. The van der Waals surface area contributed by atoms with E-state index in [2.05, 4.69) is 42.2 Å². The minimum absolute atomic E-state index is 0.0287. The first-order valence-electron chi connectivity index (χ1n) is 17.8. The summed E-state index contributed by atoms with van der Waals surface area (Å²) in [7, 11) is -2.80. The number of ether oxygens (including phenoxy) is 5. The molecule has 0 radical (unpaired) electrons. The molecule has 0 spiro atoms. The Hall–Kier alpha value is -6.13. The normalized spacial score (nSPS) is 16.7. The van der Waals surface area contributed by atoms with Gasteiger partial charge in [0.15, 0.2) is 19.8 Å². The number of hydrogen-bond donors (Lipinski definition) is 4. The molecule has 316 valence electrons. The molecule has 2 aromatic carbocycles. The molecule has 4 rings (SSSR count). The minimum Gasteiger partial charge on any atom is -0.491 e. The molecule has 0 bridgehead atoms. The van der Waals surface area contributed by atoms with Crippen molar-refractivity contribution in [2.45, 2.75) is 51.2 Å². The lowest BCUT2D eigenvalue weighted by molar-refractivity contribution is -0.0403. The van der Waals surface area contributed by atoms with Crippen molar-refractivity contribution in [2.24, 2.45) is 10.2 Å². The summed E-state index contributed by atoms with van der Waals surface area (Å²) in [4.78, 5) is 55.5. The second-order valence-corrected chi connectivity index (χ2v) is 15.1. The van der Waals surface area contributed by atoms with Crippen LogP contribution in [0, 0.1) is 11.8 Å². The lowest BCUT2D eigenvalue weighted by Gasteiger charge is -2.17. The van der Waals surface area contributed by atoms with Gasteiger partial charge in [0.2, 0.25) is 0 Å². The standard InChI is InChI=1S/C25H31N6O9P.C11H13N3O4/c1-4-37-21(29-30-26)15-38-18-9-5-7-16(11-18)23(33)27-10-6-8-17-13-31(25(35)28-24(17)34)22-12-19(32)20(40-22)14-39-41(2,3)36;1-2-17-10(13-14-12)7-18-9-5-3-4-8(6-9)11(15)16/h5,7,9,11,13,19-22,32H,4,10,12,14-15H2,1-3H3,(H,27,33)(H,28,34,35);3-6,10H,2,7H2,1H3,(H,15,16). The molecule has 0 saturated carbocycles. The number of aromatic nitrogens is 2. The maximum atomic E-state index is 12.6. The van der Waals surface area contributed by atoms with Crippen LogP contribution in [0.5, 0.6) is 11.5 Å². The van der Waals surface area contributed by atoms with Crippen molar-refractivity contribution in [2.75, 3.05) is 52.9 Å². The molecule has 5 atom stereocenters. The third-order valence-electron chi connectivity index (χ3n) is 7.63. The first kappa shape index (κ1) is 47.2. The van der Waals surface area contributed by atoms with E-state index in [0.717, 1.165) is 4.57 Å². The predicted molar refractivity (Wildman–Crippen MR) is 210 cm³/mol. The van der Waals surface area contributed by atoms with Crippen molar-refractivity contribution >= 4 is 19.2 Å². The van der Waals surface area contributed by atoms with Crippen LogP contribution in [0.3, 0.4) is 0 Å². The molecule has 23 heteroatoms. The van der Waals surface area contributed by atoms with Gasteiger partial charge in [0.05, 0.1) is 24.8 Å². The Kier molecular flexibility index (Phi) is 19.2. The van der Waals surface area contributed by atoms with Crippen molar-refractivity contribution in [1.82, 2.24) is 14.9 Å². The van der Waals surface area contributed by atoms with Crippen LogP contribution in [0.4, 0.5) is 0 Å². The van der Waals surface area contributed by atoms with Gasteiger partial charge in [-0.3, -0.25) is 23.7 Å². The van der Waals surface area contributed by atoms with Crippen LogP contribution < -0.4 is 26.0 Å². The Morgan fingerprint density at radius 1 is 1.02 bits per heavy atom. The first-order valence-corrected chi connectivity index (χ1v) is 20.4. The highest BCUT2D eigenvalue weighted by Crippen LogP contribution is 2.39. The van der Waals surface area contributed by atoms with Crippen LogP contribution in [0.15, 0.2) is 74.5 Å². The summed E-state index contributed by atoms with van der Waals surface area (Å²) >= 11 is 0. The van der Waals surface area contributed by atoms with Gasteiger partial charge in [0.1, 0.15) is 42.6 Å². The summed E-state index contributed by atoms with van der Waals surface area (Å²) in [6.07, 6.45) is -2.97. The molecular formula is C36H44N9O13P. The van der Waals surface area contributed by atoms with Gasteiger partial charge < -0.3 is 43.7 Å². The van der Waals surface area contributed by atoms with Crippen molar-refractivity contribution < 1.29 is 52.6 Å². The number of carbonyl (C=O) groups is 2. The Bertz CT molecular complexity index is 2220. The molecule has 22 nitrogen and oxygen atoms in total. The van der Waals surface area contributed by atoms with Crippen molar-refractivity contribution in [3.63, 3.8) is 0 Å². The molecule has 2 heterocycles. The van der Waals surface area contributed by atoms with E-state index in [1.807, 2.05) is 0 Å². The zero-order valence-corrected chi connectivity index (χ0v) is 33.4. The van der Waals surface area contributed by atoms with Gasteiger partial charge in [-0.25, -0.2) is 9.59 Å². The fourth-order valence-corrected chi connectivity index (χ4v) is 5.46. The molecule has 0 aliphatic carbocycles. The van der Waals surface area contributed by atoms with E-state index in [0.29, 0.717) is 24.7 Å². The van der Waals surface area contributed by atoms with E-state index < -0.39 is 61.4 Å². The number of carboxylic acid groups (broad SMARTS) is 1. The SMILES string of the molecule is CCOC(COc1cccc(C(=O)NCC#Cc2cn(C3CC(O)C(COP(C)(C)=O)O3)c(=O)[nH]c2=O)c1)N=[N+]=[N-].CCOC(COc1cccc(C(=O)O)c1)N=[N+]=[N-]. The predicted octanol–water partition coefficient (Wildman–Crippen LogP) is 4.01. The zero-order valence-electron chi connectivity index (χ0n) is 32.5. The molecule has 1 fully saturated rings. The van der Waals surface area contributed by atoms with Gasteiger partial charge in [0, 0.05) is 54.5 Å². The number of aliphatic hydroxyl groups is 1. The Labute approximate surface area is 337 Å². The number of benzene rings is 2. The van der Waals surface area contributed by atoms with E-state index in [9.17, 15) is 28.8 Å². The van der Waals surface area contributed by atoms with Crippen LogP contribution in [0.2, 0.25) is 0 Å². The van der Waals surface area contributed by atoms with E-state index >= 15 is 0 Å². The molecule has 4 N–H and O–H groups in total. The highest BCUT2D eigenvalue weighted by atomic mass is 31.2. The van der Waals surface area contributed by atoms with Gasteiger partial charge in [-0.05, 0) is 61.3 Å². The van der Waals surface area contributed by atoms with Crippen LogP contribution in [-0.2, 0) is 23.3 Å². The van der Waals surface area contributed by atoms with Gasteiger partial charge in [-0.15, -0.1) is 0 Å². The number of azide groups is 2. The van der Waals surface area contributed by atoms with Crippen molar-refractivity contribution in [1.29, 1.82) is 0 Å². The van der Waals surface area contributed by atoms with Crippen molar-refractivity contribution in [3.05, 3.63) is 113 Å². The number of hydrogen-bond acceptors (Lipinski definition) is 14. The second-order valence-electron chi connectivity index (χ2n) is 12.4. The summed E-state index contributed by atoms with van der Waals surface area (Å²) in [6, 6.07) is 12.3. The molecule has 3 aromatic rings. The highest BCUT2D eigenvalue weighted by Gasteiger charge is 2.36. The molecule has 1 aliphatic heterocycles. The zero-order chi connectivity index (χ0) is 43.4. The average Bonchev–Trinajstić information content (AvgIpc) is 3.57. The maximum absolute atomic E-state index is 12.6. The van der Waals surface area contributed by atoms with Crippen molar-refractivity contribution in [3.8, 4) is 23.3 Å². The monoisotopic (exact) mass is 841 g/mol. The largest absolute Gasteiger partial charge is 0.491 e. The quantitative estimate of drug-likeness (QED) is 0.0436. The number of aliphatic hydroxyl groups excluding tert-OH is 1. The third-order valence-corrected chi connectivity index (χ3v) is 8.40. The first-order chi connectivity index (χ1) is 28.2. The average molecular weight is 842 g/mol. The number of rotatable bonds is 19. The third kappa shape index (κ3) is 16.3. The summed E-state index contributed by atoms with van der Waals surface area (Å²) in [6.45, 7) is 6.88. The van der Waals surface area contributed by atoms with Crippen LogP contribution >= 0.6 is 7.37 Å². The second kappa shape index (κ2) is 23.9. The number of nitrogens with one attached hydrogen (secondary N) is 2. The summed E-state index contributed by atoms with van der Waals surface area (Å²) < 4.78 is 45.1. The fraction of sp³-hybridized carbons (Fsp3) is 0.444. The summed E-state index contributed by atoms with van der Waals surface area (Å²) in [5, 5.41) is 28.6. The number of nitrogens with zero attached hydrogens (tertiary/aromatic N) is 7. The Morgan fingerprint density at radius 3 is 2.14 bits per heavy atom. The molecule has 5 unspecified atom stereocenters. The van der Waals surface area contributed by atoms with Crippen LogP contribution in [0.25, 0.3) is 20.9 Å². The molecule has 1 aromatic heterocycles. The number of carboxylic acids is 1. The van der Waals surface area contributed by atoms with Gasteiger partial charge in [0.25, 0.3) is 11.5 Å². The topological polar surface area (TPSA) is 311 Å². The van der Waals surface area contributed by atoms with Crippen LogP contribution in [0.1, 0.15) is 52.8 Å². The van der Waals surface area contributed by atoms with E-state index in [4.69, 9.17) is 44.4 Å². The maximum Gasteiger partial charge on any atom is 0.335 e. The van der Waals surface area contributed by atoms with E-state index in [1.165, 1.54) is 37.7 Å². The smallest absolute Gasteiger partial charge is 0.335 e. The molecule has 1 aliphatic rings. The Morgan fingerprint density at radius 2 is 1.59 bits per heavy atom. The molecule has 1 saturated heterocycles. The molecular weight excluding hydrogens is 797 g/mol. The van der Waals surface area contributed by atoms with Gasteiger partial charge in [-0.2, -0.15) is 0 Å². The summed E-state index contributed by atoms with van der Waals surface area (Å²) in [5.41, 5.74) is 15.8. The highest BCUT2D eigenvalue weighted by molar-refractivity contribution is 7.57. The van der Waals surface area contributed by atoms with Crippen LogP contribution in [-0.4, -0.2) is 109 Å². The number of H-pyrrole nitrogens is 1. The van der Waals surface area contributed by atoms with Gasteiger partial charge >= 0.3 is 11.7 Å². The minimum atomic E-state index is -2.80. The lowest BCUT2D eigenvalue weighted by atomic mass is 10.2. The number of amides is 1. The Balaban J connectivity index is 0.000000431.